The molecule has 0 radical (unpaired) electrons. The van der Waals surface area contributed by atoms with E-state index < -0.39 is 0 Å². The molecule has 3 heteroatoms. The Balaban J connectivity index is 1.63. The van der Waals surface area contributed by atoms with Gasteiger partial charge in [0.2, 0.25) is 5.43 Å². The summed E-state index contributed by atoms with van der Waals surface area (Å²) in [6.07, 6.45) is 0. The van der Waals surface area contributed by atoms with Gasteiger partial charge in [-0.15, -0.1) is 0 Å². The van der Waals surface area contributed by atoms with Crippen molar-refractivity contribution in [2.45, 2.75) is 6.54 Å². The monoisotopic (exact) mass is 280 g/mol. The van der Waals surface area contributed by atoms with E-state index in [4.69, 9.17) is 0 Å². The first kappa shape index (κ1) is 13.8. The smallest absolute Gasteiger partial charge is 0.201 e. The van der Waals surface area contributed by atoms with Gasteiger partial charge in [0.15, 0.2) is 0 Å². The molecule has 3 rings (SSSR count). The SMILES string of the molecule is O=c1cccccc1N1CCN(Cc2ccccc2)CC1. The van der Waals surface area contributed by atoms with Gasteiger partial charge in [-0.3, -0.25) is 9.69 Å². The van der Waals surface area contributed by atoms with E-state index in [0.29, 0.717) is 0 Å². The lowest BCUT2D eigenvalue weighted by Crippen LogP contribution is -2.47. The second kappa shape index (κ2) is 6.55. The van der Waals surface area contributed by atoms with Crippen LogP contribution in [0.15, 0.2) is 65.5 Å². The van der Waals surface area contributed by atoms with Crippen LogP contribution in [0.2, 0.25) is 0 Å². The molecule has 2 aromatic carbocycles. The fourth-order valence-corrected chi connectivity index (χ4v) is 2.77. The quantitative estimate of drug-likeness (QED) is 0.862. The van der Waals surface area contributed by atoms with Crippen LogP contribution >= 0.6 is 0 Å². The largest absolute Gasteiger partial charge is 0.366 e. The first-order valence-corrected chi connectivity index (χ1v) is 7.43. The predicted molar refractivity (Wildman–Crippen MR) is 86.6 cm³/mol. The highest BCUT2D eigenvalue weighted by atomic mass is 16.1. The summed E-state index contributed by atoms with van der Waals surface area (Å²) in [6.45, 7) is 4.79. The summed E-state index contributed by atoms with van der Waals surface area (Å²) in [5.74, 6) is 0. The van der Waals surface area contributed by atoms with Gasteiger partial charge in [-0.1, -0.05) is 48.5 Å². The average Bonchev–Trinajstić information content (AvgIpc) is 2.74. The number of hydrogen-bond acceptors (Lipinski definition) is 3. The summed E-state index contributed by atoms with van der Waals surface area (Å²) in [4.78, 5) is 16.7. The molecule has 3 nitrogen and oxygen atoms in total. The van der Waals surface area contributed by atoms with Crippen LogP contribution in [0, 0.1) is 0 Å². The molecule has 1 heterocycles. The molecule has 1 saturated heterocycles. The Morgan fingerprint density at radius 1 is 0.762 bits per heavy atom. The minimum Gasteiger partial charge on any atom is -0.366 e. The fraction of sp³-hybridized carbons (Fsp3) is 0.278. The first-order valence-electron chi connectivity index (χ1n) is 7.43. The molecule has 1 aliphatic rings. The van der Waals surface area contributed by atoms with Gasteiger partial charge < -0.3 is 4.90 Å². The van der Waals surface area contributed by atoms with Crippen molar-refractivity contribution in [3.05, 3.63) is 76.5 Å². The van der Waals surface area contributed by atoms with Crippen molar-refractivity contribution >= 4 is 5.69 Å². The van der Waals surface area contributed by atoms with Crippen molar-refractivity contribution in [2.24, 2.45) is 0 Å². The third-order valence-corrected chi connectivity index (χ3v) is 3.94. The van der Waals surface area contributed by atoms with E-state index in [-0.39, 0.29) is 5.43 Å². The Kier molecular flexibility index (Phi) is 4.31. The van der Waals surface area contributed by atoms with Crippen LogP contribution in [-0.2, 0) is 6.54 Å². The molecular formula is C18H20N2O. The van der Waals surface area contributed by atoms with E-state index in [1.165, 1.54) is 5.56 Å². The second-order valence-electron chi connectivity index (χ2n) is 5.41. The van der Waals surface area contributed by atoms with Crippen molar-refractivity contribution < 1.29 is 0 Å². The van der Waals surface area contributed by atoms with E-state index in [1.807, 2.05) is 24.3 Å². The number of anilines is 1. The number of piperazine rings is 1. The molecule has 2 aromatic rings. The van der Waals surface area contributed by atoms with Crippen LogP contribution in [0.25, 0.3) is 0 Å². The third-order valence-electron chi connectivity index (χ3n) is 3.94. The lowest BCUT2D eigenvalue weighted by atomic mass is 10.2. The Labute approximate surface area is 125 Å². The molecule has 0 atom stereocenters. The first-order chi connectivity index (χ1) is 10.3. The number of hydrogen-bond donors (Lipinski definition) is 0. The van der Waals surface area contributed by atoms with Crippen LogP contribution in [0.3, 0.4) is 0 Å². The van der Waals surface area contributed by atoms with Gasteiger partial charge in [-0.25, -0.2) is 0 Å². The zero-order chi connectivity index (χ0) is 14.5. The Morgan fingerprint density at radius 3 is 2.10 bits per heavy atom. The van der Waals surface area contributed by atoms with Gasteiger partial charge in [-0.05, 0) is 17.7 Å². The molecule has 0 aliphatic carbocycles. The summed E-state index contributed by atoms with van der Waals surface area (Å²) in [5.41, 5.74) is 2.28. The molecule has 0 bridgehead atoms. The van der Waals surface area contributed by atoms with Gasteiger partial charge in [0.25, 0.3) is 0 Å². The van der Waals surface area contributed by atoms with Gasteiger partial charge >= 0.3 is 0 Å². The predicted octanol–water partition coefficient (Wildman–Crippen LogP) is 2.37. The van der Waals surface area contributed by atoms with E-state index in [2.05, 4.69) is 34.1 Å². The van der Waals surface area contributed by atoms with Crippen LogP contribution in [0.1, 0.15) is 5.56 Å². The summed E-state index contributed by atoms with van der Waals surface area (Å²) < 4.78 is 0. The van der Waals surface area contributed by atoms with E-state index in [0.717, 1.165) is 38.4 Å². The van der Waals surface area contributed by atoms with Gasteiger partial charge in [-0.2, -0.15) is 0 Å². The maximum atomic E-state index is 12.0. The maximum Gasteiger partial charge on any atom is 0.201 e. The molecule has 0 N–H and O–H groups in total. The Hall–Kier alpha value is -2.13. The van der Waals surface area contributed by atoms with Crippen LogP contribution < -0.4 is 10.3 Å². The molecular weight excluding hydrogens is 260 g/mol. The summed E-state index contributed by atoms with van der Waals surface area (Å²) in [6, 6.07) is 19.8. The van der Waals surface area contributed by atoms with Crippen molar-refractivity contribution in [3.63, 3.8) is 0 Å². The van der Waals surface area contributed by atoms with Crippen molar-refractivity contribution in [1.82, 2.24) is 4.90 Å². The highest BCUT2D eigenvalue weighted by Gasteiger charge is 2.18. The lowest BCUT2D eigenvalue weighted by molar-refractivity contribution is 0.250. The molecule has 1 fully saturated rings. The van der Waals surface area contributed by atoms with E-state index in [1.54, 1.807) is 12.1 Å². The highest BCUT2D eigenvalue weighted by Crippen LogP contribution is 2.13. The molecule has 1 aliphatic heterocycles. The minimum absolute atomic E-state index is 0.108. The second-order valence-corrected chi connectivity index (χ2v) is 5.41. The summed E-state index contributed by atoms with van der Waals surface area (Å²) >= 11 is 0. The number of rotatable bonds is 3. The molecule has 21 heavy (non-hydrogen) atoms. The molecule has 0 spiro atoms. The lowest BCUT2D eigenvalue weighted by Gasteiger charge is -2.35. The molecule has 0 aromatic heterocycles. The molecule has 0 unspecified atom stereocenters. The normalized spacial score (nSPS) is 15.9. The van der Waals surface area contributed by atoms with Crippen molar-refractivity contribution in [2.75, 3.05) is 31.1 Å². The zero-order valence-corrected chi connectivity index (χ0v) is 12.1. The number of benzene rings is 1. The fourth-order valence-electron chi connectivity index (χ4n) is 2.77. The van der Waals surface area contributed by atoms with E-state index >= 15 is 0 Å². The van der Waals surface area contributed by atoms with Crippen molar-refractivity contribution in [1.29, 1.82) is 0 Å². The summed E-state index contributed by atoms with van der Waals surface area (Å²) in [5, 5.41) is 0. The topological polar surface area (TPSA) is 23.6 Å². The molecule has 0 amide bonds. The highest BCUT2D eigenvalue weighted by molar-refractivity contribution is 5.45. The molecule has 0 saturated carbocycles. The minimum atomic E-state index is 0.108. The zero-order valence-electron chi connectivity index (χ0n) is 12.1. The number of nitrogens with zero attached hydrogens (tertiary/aromatic N) is 2. The Bertz CT molecular complexity index is 634. The third kappa shape index (κ3) is 3.50. The average molecular weight is 280 g/mol. The standard InChI is InChI=1S/C18H20N2O/c21-18-10-6-2-5-9-17(18)20-13-11-19(12-14-20)15-16-7-3-1-4-8-16/h1-10H,11-15H2. The summed E-state index contributed by atoms with van der Waals surface area (Å²) in [7, 11) is 0. The van der Waals surface area contributed by atoms with Gasteiger partial charge in [0.1, 0.15) is 0 Å². The van der Waals surface area contributed by atoms with Crippen LogP contribution in [0.4, 0.5) is 5.69 Å². The van der Waals surface area contributed by atoms with Crippen molar-refractivity contribution in [3.8, 4) is 0 Å². The maximum absolute atomic E-state index is 12.0. The van der Waals surface area contributed by atoms with Crippen LogP contribution in [-0.4, -0.2) is 31.1 Å². The van der Waals surface area contributed by atoms with Crippen LogP contribution in [0.5, 0.6) is 0 Å². The molecule has 108 valence electrons. The Morgan fingerprint density at radius 2 is 1.38 bits per heavy atom. The van der Waals surface area contributed by atoms with E-state index in [9.17, 15) is 4.79 Å². The van der Waals surface area contributed by atoms with Gasteiger partial charge in [0, 0.05) is 32.7 Å². The van der Waals surface area contributed by atoms with Gasteiger partial charge in [0.05, 0.1) is 5.69 Å².